The van der Waals surface area contributed by atoms with Crippen molar-refractivity contribution in [3.8, 4) is 17.0 Å². The van der Waals surface area contributed by atoms with E-state index < -0.39 is 59.7 Å². The molecule has 1 aromatic heterocycles. The number of carbonyl (C=O) groups is 1. The van der Waals surface area contributed by atoms with Crippen LogP contribution in [0.2, 0.25) is 0 Å². The molecule has 184 valence electrons. The fourth-order valence-electron chi connectivity index (χ4n) is 3.69. The second kappa shape index (κ2) is 8.82. The van der Waals surface area contributed by atoms with Crippen LogP contribution in [0, 0.1) is 11.6 Å². The van der Waals surface area contributed by atoms with Crippen molar-refractivity contribution in [3.05, 3.63) is 82.5 Å². The van der Waals surface area contributed by atoms with Gasteiger partial charge in [0.05, 0.1) is 17.7 Å². The number of pyridine rings is 1. The Morgan fingerprint density at radius 2 is 1.54 bits per heavy atom. The second-order valence-electron chi connectivity index (χ2n) is 7.72. The first-order valence-corrected chi connectivity index (χ1v) is 9.95. The van der Waals surface area contributed by atoms with Crippen LogP contribution in [0.4, 0.5) is 35.1 Å². The van der Waals surface area contributed by atoms with Crippen LogP contribution in [0.3, 0.4) is 0 Å². The van der Waals surface area contributed by atoms with E-state index >= 15 is 0 Å². The van der Waals surface area contributed by atoms with Gasteiger partial charge in [0, 0.05) is 29.9 Å². The predicted molar refractivity (Wildman–Crippen MR) is 106 cm³/mol. The van der Waals surface area contributed by atoms with E-state index in [1.807, 2.05) is 0 Å². The van der Waals surface area contributed by atoms with Gasteiger partial charge in [-0.3, -0.25) is 4.79 Å². The molecule has 0 N–H and O–H groups in total. The molecular weight excluding hydrogens is 488 g/mol. The second-order valence-corrected chi connectivity index (χ2v) is 7.72. The van der Waals surface area contributed by atoms with Gasteiger partial charge in [-0.1, -0.05) is 0 Å². The van der Waals surface area contributed by atoms with Crippen molar-refractivity contribution >= 4 is 5.91 Å². The van der Waals surface area contributed by atoms with Gasteiger partial charge < -0.3 is 9.64 Å². The van der Waals surface area contributed by atoms with Gasteiger partial charge in [-0.25, -0.2) is 13.8 Å². The number of halogens is 8. The van der Waals surface area contributed by atoms with Crippen LogP contribution >= 0.6 is 0 Å². The fraction of sp³-hybridized carbons (Fsp3) is 0.217. The summed E-state index contributed by atoms with van der Waals surface area (Å²) in [5.41, 5.74) is -3.17. The van der Waals surface area contributed by atoms with Crippen LogP contribution in [-0.2, 0) is 30.2 Å². The largest absolute Gasteiger partial charge is 0.467 e. The summed E-state index contributed by atoms with van der Waals surface area (Å²) in [7, 11) is 0. The lowest BCUT2D eigenvalue weighted by Crippen LogP contribution is -2.32. The normalized spacial score (nSPS) is 14.4. The lowest BCUT2D eigenvalue weighted by Gasteiger charge is -2.22. The Bertz CT molecular complexity index is 1260. The van der Waals surface area contributed by atoms with E-state index in [0.717, 1.165) is 17.0 Å². The maximum Gasteiger partial charge on any atom is 0.416 e. The quantitative estimate of drug-likeness (QED) is 0.414. The van der Waals surface area contributed by atoms with Gasteiger partial charge in [0.2, 0.25) is 5.88 Å². The van der Waals surface area contributed by atoms with E-state index in [9.17, 15) is 39.9 Å². The highest BCUT2D eigenvalue weighted by Gasteiger charge is 2.37. The molecule has 1 amide bonds. The molecule has 0 atom stereocenters. The zero-order valence-corrected chi connectivity index (χ0v) is 17.5. The highest BCUT2D eigenvalue weighted by molar-refractivity contribution is 5.80. The molecule has 1 aliphatic rings. The average molecular weight is 502 g/mol. The van der Waals surface area contributed by atoms with Crippen molar-refractivity contribution in [1.29, 1.82) is 0 Å². The van der Waals surface area contributed by atoms with Crippen molar-refractivity contribution < 1.29 is 44.7 Å². The summed E-state index contributed by atoms with van der Waals surface area (Å²) in [6.45, 7) is -1.57. The molecule has 0 unspecified atom stereocenters. The number of benzene rings is 2. The molecule has 4 nitrogen and oxygen atoms in total. The number of carbonyl (C=O) groups excluding carboxylic acids is 1. The standard InChI is InChI=1S/C23H14F8N2O2/c24-15-1-2-17(19(25)8-15)16-3-4-32-21-18(16)10-33(20(34)11-35-21)9-12-5-13(22(26,27)28)7-14(6-12)23(29,30)31/h1-8H,9-11H2. The molecule has 0 aliphatic carbocycles. The molecule has 0 spiro atoms. The zero-order valence-electron chi connectivity index (χ0n) is 17.5. The number of alkyl halides is 6. The lowest BCUT2D eigenvalue weighted by molar-refractivity contribution is -0.143. The summed E-state index contributed by atoms with van der Waals surface area (Å²) >= 11 is 0. The molecule has 0 radical (unpaired) electrons. The topological polar surface area (TPSA) is 42.4 Å². The summed E-state index contributed by atoms with van der Waals surface area (Å²) in [5, 5.41) is 0. The molecule has 12 heteroatoms. The van der Waals surface area contributed by atoms with Gasteiger partial charge in [0.25, 0.3) is 5.91 Å². The Kier molecular flexibility index (Phi) is 6.16. The van der Waals surface area contributed by atoms with Gasteiger partial charge in [-0.15, -0.1) is 0 Å². The van der Waals surface area contributed by atoms with Crippen molar-refractivity contribution in [1.82, 2.24) is 9.88 Å². The number of amides is 1. The van der Waals surface area contributed by atoms with E-state index in [2.05, 4.69) is 4.98 Å². The molecule has 3 aromatic rings. The van der Waals surface area contributed by atoms with Crippen molar-refractivity contribution in [2.24, 2.45) is 0 Å². The number of hydrogen-bond acceptors (Lipinski definition) is 3. The van der Waals surface area contributed by atoms with E-state index in [-0.39, 0.29) is 35.2 Å². The predicted octanol–water partition coefficient (Wildman–Crippen LogP) is 5.99. The molecule has 0 bridgehead atoms. The van der Waals surface area contributed by atoms with E-state index in [0.29, 0.717) is 18.2 Å². The van der Waals surface area contributed by atoms with Crippen molar-refractivity contribution in [2.75, 3.05) is 6.61 Å². The number of aromatic nitrogens is 1. The Balaban J connectivity index is 1.75. The first kappa shape index (κ1) is 24.4. The van der Waals surface area contributed by atoms with Crippen LogP contribution in [0.1, 0.15) is 22.3 Å². The third-order valence-electron chi connectivity index (χ3n) is 5.29. The Hall–Kier alpha value is -3.70. The highest BCUT2D eigenvalue weighted by Crippen LogP contribution is 2.38. The van der Waals surface area contributed by atoms with Gasteiger partial charge in [-0.2, -0.15) is 26.3 Å². The number of rotatable bonds is 3. The van der Waals surface area contributed by atoms with Crippen LogP contribution in [0.15, 0.2) is 48.7 Å². The summed E-state index contributed by atoms with van der Waals surface area (Å²) in [5.74, 6) is -2.56. The maximum atomic E-state index is 14.4. The number of fused-ring (bicyclic) bond motifs is 1. The van der Waals surface area contributed by atoms with E-state index in [1.54, 1.807) is 0 Å². The summed E-state index contributed by atoms with van der Waals surface area (Å²) in [4.78, 5) is 17.6. The molecular formula is C23H14F8N2O2. The van der Waals surface area contributed by atoms with Gasteiger partial charge in [0.15, 0.2) is 6.61 Å². The lowest BCUT2D eigenvalue weighted by atomic mass is 9.99. The molecule has 1 aliphatic heterocycles. The van der Waals surface area contributed by atoms with Crippen molar-refractivity contribution in [3.63, 3.8) is 0 Å². The number of hydrogen-bond donors (Lipinski definition) is 0. The maximum absolute atomic E-state index is 14.4. The molecule has 2 heterocycles. The summed E-state index contributed by atoms with van der Waals surface area (Å²) in [6, 6.07) is 5.22. The Morgan fingerprint density at radius 3 is 2.14 bits per heavy atom. The van der Waals surface area contributed by atoms with Gasteiger partial charge in [0.1, 0.15) is 11.6 Å². The molecule has 4 rings (SSSR count). The third-order valence-corrected chi connectivity index (χ3v) is 5.29. The zero-order chi connectivity index (χ0) is 25.5. The first-order chi connectivity index (χ1) is 16.3. The SMILES string of the molecule is O=C1COc2nccc(-c3ccc(F)cc3F)c2CN1Cc1cc(C(F)(F)F)cc(C(F)(F)F)c1. The molecule has 2 aromatic carbocycles. The molecule has 0 saturated carbocycles. The number of nitrogens with zero attached hydrogens (tertiary/aromatic N) is 2. The average Bonchev–Trinajstić information content (AvgIpc) is 2.91. The van der Waals surface area contributed by atoms with Gasteiger partial charge >= 0.3 is 12.4 Å². The van der Waals surface area contributed by atoms with Crippen molar-refractivity contribution in [2.45, 2.75) is 25.4 Å². The minimum absolute atomic E-state index is 0.00844. The first-order valence-electron chi connectivity index (χ1n) is 9.95. The summed E-state index contributed by atoms with van der Waals surface area (Å²) in [6.07, 6.45) is -8.84. The third kappa shape index (κ3) is 5.20. The Morgan fingerprint density at radius 1 is 0.886 bits per heavy atom. The number of ether oxygens (including phenoxy) is 1. The van der Waals surface area contributed by atoms with E-state index in [4.69, 9.17) is 4.74 Å². The van der Waals surface area contributed by atoms with Gasteiger partial charge in [-0.05, 0) is 47.5 Å². The smallest absolute Gasteiger partial charge is 0.416 e. The minimum atomic E-state index is -5.05. The highest BCUT2D eigenvalue weighted by atomic mass is 19.4. The summed E-state index contributed by atoms with van der Waals surface area (Å²) < 4.78 is 112. The van der Waals surface area contributed by atoms with Crippen LogP contribution < -0.4 is 4.74 Å². The Labute approximate surface area is 192 Å². The fourth-order valence-corrected chi connectivity index (χ4v) is 3.69. The molecule has 0 fully saturated rings. The molecule has 35 heavy (non-hydrogen) atoms. The monoisotopic (exact) mass is 502 g/mol. The minimum Gasteiger partial charge on any atom is -0.467 e. The van der Waals surface area contributed by atoms with E-state index in [1.165, 1.54) is 12.3 Å². The van der Waals surface area contributed by atoms with Crippen LogP contribution in [0.25, 0.3) is 11.1 Å². The van der Waals surface area contributed by atoms with Crippen LogP contribution in [0.5, 0.6) is 5.88 Å². The van der Waals surface area contributed by atoms with Crippen LogP contribution in [-0.4, -0.2) is 22.4 Å². The molecule has 0 saturated heterocycles.